The quantitative estimate of drug-likeness (QED) is 0.338. The highest BCUT2D eigenvalue weighted by molar-refractivity contribution is 5.96. The van der Waals surface area contributed by atoms with Crippen LogP contribution in [0, 0.1) is 17.0 Å². The monoisotopic (exact) mass is 411 g/mol. The van der Waals surface area contributed by atoms with Gasteiger partial charge in [0.05, 0.1) is 23.2 Å². The molecule has 3 aromatic rings. The van der Waals surface area contributed by atoms with Crippen LogP contribution in [-0.2, 0) is 9.47 Å². The van der Waals surface area contributed by atoms with Gasteiger partial charge < -0.3 is 13.9 Å². The molecule has 0 amide bonds. The summed E-state index contributed by atoms with van der Waals surface area (Å²) in [7, 11) is 1.13. The van der Waals surface area contributed by atoms with Crippen LogP contribution in [0.1, 0.15) is 45.2 Å². The van der Waals surface area contributed by atoms with E-state index >= 15 is 0 Å². The van der Waals surface area contributed by atoms with Crippen molar-refractivity contribution in [1.29, 1.82) is 0 Å². The van der Waals surface area contributed by atoms with Crippen molar-refractivity contribution in [2.24, 2.45) is 0 Å². The lowest BCUT2D eigenvalue weighted by atomic mass is 10.1. The molecule has 0 radical (unpaired) electrons. The number of nitro benzene ring substituents is 1. The van der Waals surface area contributed by atoms with Crippen molar-refractivity contribution in [2.75, 3.05) is 7.11 Å². The van der Waals surface area contributed by atoms with Crippen molar-refractivity contribution in [3.8, 4) is 11.5 Å². The Morgan fingerprint density at radius 3 is 2.30 bits per heavy atom. The van der Waals surface area contributed by atoms with Gasteiger partial charge in [-0.25, -0.2) is 9.59 Å². The number of hydrogen-bond donors (Lipinski definition) is 0. The van der Waals surface area contributed by atoms with Crippen LogP contribution in [0.25, 0.3) is 11.5 Å². The third-order valence-corrected chi connectivity index (χ3v) is 4.16. The lowest BCUT2D eigenvalue weighted by Crippen LogP contribution is -2.12. The van der Waals surface area contributed by atoms with Gasteiger partial charge in [0.1, 0.15) is 0 Å². The second-order valence-corrected chi connectivity index (χ2v) is 6.38. The van der Waals surface area contributed by atoms with Crippen LogP contribution >= 0.6 is 0 Å². The Labute approximate surface area is 170 Å². The van der Waals surface area contributed by atoms with Crippen LogP contribution in [0.15, 0.2) is 46.9 Å². The van der Waals surface area contributed by atoms with E-state index in [1.54, 1.807) is 0 Å². The molecular weight excluding hydrogens is 394 g/mol. The lowest BCUT2D eigenvalue weighted by molar-refractivity contribution is -0.384. The number of aromatic nitrogens is 2. The summed E-state index contributed by atoms with van der Waals surface area (Å²) in [6.07, 6.45) is -0.926. The van der Waals surface area contributed by atoms with Crippen LogP contribution < -0.4 is 0 Å². The Hall–Kier alpha value is -4.08. The Morgan fingerprint density at radius 2 is 1.70 bits per heavy atom. The molecule has 30 heavy (non-hydrogen) atoms. The van der Waals surface area contributed by atoms with E-state index in [-0.39, 0.29) is 22.9 Å². The number of non-ortho nitro benzene ring substituents is 1. The standard InChI is InChI=1S/C20H17N3O7/c1-11-4-6-13(7-5-11)18-22-21-17(30-18)12(2)29-20(25)15-8-14(19(24)28-3)9-16(10-15)23(26)27/h4-10,12H,1-3H3/t12-/m1/s1. The molecule has 154 valence electrons. The minimum absolute atomic E-state index is 0.0533. The first-order valence-electron chi connectivity index (χ1n) is 8.77. The fourth-order valence-corrected chi connectivity index (χ4v) is 2.56. The van der Waals surface area contributed by atoms with Gasteiger partial charge in [-0.3, -0.25) is 10.1 Å². The number of benzene rings is 2. The fourth-order valence-electron chi connectivity index (χ4n) is 2.56. The number of nitro groups is 1. The van der Waals surface area contributed by atoms with Crippen molar-refractivity contribution in [2.45, 2.75) is 20.0 Å². The molecule has 0 N–H and O–H groups in total. The minimum Gasteiger partial charge on any atom is -0.465 e. The third kappa shape index (κ3) is 4.49. The summed E-state index contributed by atoms with van der Waals surface area (Å²) in [5.41, 5.74) is 1.00. The van der Waals surface area contributed by atoms with E-state index in [1.165, 1.54) is 6.92 Å². The summed E-state index contributed by atoms with van der Waals surface area (Å²) in [5, 5.41) is 18.9. The molecule has 0 spiro atoms. The molecule has 10 nitrogen and oxygen atoms in total. The minimum atomic E-state index is -0.926. The Bertz CT molecular complexity index is 1110. The topological polar surface area (TPSA) is 135 Å². The number of methoxy groups -OCH3 is 1. The molecule has 0 unspecified atom stereocenters. The molecule has 2 aromatic carbocycles. The summed E-state index contributed by atoms with van der Waals surface area (Å²) < 4.78 is 15.4. The first-order chi connectivity index (χ1) is 14.3. The maximum Gasteiger partial charge on any atom is 0.339 e. The van der Waals surface area contributed by atoms with Gasteiger partial charge in [0.2, 0.25) is 5.89 Å². The number of hydrogen-bond acceptors (Lipinski definition) is 9. The zero-order valence-corrected chi connectivity index (χ0v) is 16.3. The van der Waals surface area contributed by atoms with Crippen molar-refractivity contribution < 1.29 is 28.4 Å². The van der Waals surface area contributed by atoms with Crippen molar-refractivity contribution in [3.05, 3.63) is 75.2 Å². The SMILES string of the molecule is COC(=O)c1cc(C(=O)O[C@H](C)c2nnc(-c3ccc(C)cc3)o2)cc([N+](=O)[O-])c1. The molecule has 1 atom stereocenters. The van der Waals surface area contributed by atoms with Crippen molar-refractivity contribution >= 4 is 17.6 Å². The maximum atomic E-state index is 12.5. The lowest BCUT2D eigenvalue weighted by Gasteiger charge is -2.10. The molecule has 0 bridgehead atoms. The van der Waals surface area contributed by atoms with Crippen LogP contribution in [0.2, 0.25) is 0 Å². The predicted molar refractivity (Wildman–Crippen MR) is 103 cm³/mol. The van der Waals surface area contributed by atoms with E-state index in [2.05, 4.69) is 14.9 Å². The van der Waals surface area contributed by atoms with Crippen molar-refractivity contribution in [1.82, 2.24) is 10.2 Å². The largest absolute Gasteiger partial charge is 0.465 e. The number of carbonyl (C=O) groups excluding carboxylic acids is 2. The van der Waals surface area contributed by atoms with E-state index in [9.17, 15) is 19.7 Å². The van der Waals surface area contributed by atoms with E-state index in [1.807, 2.05) is 31.2 Å². The van der Waals surface area contributed by atoms with Crippen molar-refractivity contribution in [3.63, 3.8) is 0 Å². The van der Waals surface area contributed by atoms with E-state index in [0.29, 0.717) is 5.56 Å². The maximum absolute atomic E-state index is 12.5. The molecule has 1 heterocycles. The summed E-state index contributed by atoms with van der Waals surface area (Å²) in [4.78, 5) is 34.6. The number of aryl methyl sites for hydroxylation is 1. The fraction of sp³-hybridized carbons (Fsp3) is 0.200. The number of nitrogens with zero attached hydrogens (tertiary/aromatic N) is 3. The van der Waals surface area contributed by atoms with Gasteiger partial charge in [-0.2, -0.15) is 0 Å². The molecule has 1 aromatic heterocycles. The van der Waals surface area contributed by atoms with Gasteiger partial charge in [0.15, 0.2) is 6.10 Å². The van der Waals surface area contributed by atoms with E-state index in [0.717, 1.165) is 30.9 Å². The average Bonchev–Trinajstić information content (AvgIpc) is 3.23. The van der Waals surface area contributed by atoms with E-state index in [4.69, 9.17) is 9.15 Å². The highest BCUT2D eigenvalue weighted by Crippen LogP contribution is 2.25. The number of esters is 2. The summed E-state index contributed by atoms with van der Waals surface area (Å²) in [6.45, 7) is 3.47. The molecule has 0 aliphatic carbocycles. The molecule has 3 rings (SSSR count). The molecule has 0 aliphatic rings. The smallest absolute Gasteiger partial charge is 0.339 e. The molecule has 0 fully saturated rings. The normalized spacial score (nSPS) is 11.6. The van der Waals surface area contributed by atoms with Gasteiger partial charge in [-0.15, -0.1) is 10.2 Å². The van der Waals surface area contributed by atoms with E-state index < -0.39 is 28.7 Å². The Kier molecular flexibility index (Phi) is 5.86. The van der Waals surface area contributed by atoms with Crippen LogP contribution in [-0.4, -0.2) is 34.2 Å². The Morgan fingerprint density at radius 1 is 1.07 bits per heavy atom. The second kappa shape index (κ2) is 8.52. The van der Waals surface area contributed by atoms with Gasteiger partial charge in [-0.1, -0.05) is 17.7 Å². The first-order valence-corrected chi connectivity index (χ1v) is 8.77. The Balaban J connectivity index is 1.80. The van der Waals surface area contributed by atoms with Gasteiger partial charge in [0, 0.05) is 17.7 Å². The number of rotatable bonds is 6. The molecule has 0 saturated heterocycles. The predicted octanol–water partition coefficient (Wildman–Crippen LogP) is 3.66. The number of ether oxygens (including phenoxy) is 2. The second-order valence-electron chi connectivity index (χ2n) is 6.38. The highest BCUT2D eigenvalue weighted by Gasteiger charge is 2.23. The highest BCUT2D eigenvalue weighted by atomic mass is 16.6. The van der Waals surface area contributed by atoms with Gasteiger partial charge in [0.25, 0.3) is 11.6 Å². The third-order valence-electron chi connectivity index (χ3n) is 4.16. The zero-order valence-electron chi connectivity index (χ0n) is 16.3. The molecular formula is C20H17N3O7. The molecule has 10 heteroatoms. The van der Waals surface area contributed by atoms with Crippen LogP contribution in [0.3, 0.4) is 0 Å². The van der Waals surface area contributed by atoms with Crippen LogP contribution in [0.4, 0.5) is 5.69 Å². The van der Waals surface area contributed by atoms with Gasteiger partial charge >= 0.3 is 11.9 Å². The van der Waals surface area contributed by atoms with Crippen LogP contribution in [0.5, 0.6) is 0 Å². The summed E-state index contributed by atoms with van der Waals surface area (Å²) >= 11 is 0. The average molecular weight is 411 g/mol. The summed E-state index contributed by atoms with van der Waals surface area (Å²) in [6, 6.07) is 10.6. The molecule has 0 aliphatic heterocycles. The first kappa shape index (κ1) is 20.6. The van der Waals surface area contributed by atoms with Gasteiger partial charge in [-0.05, 0) is 32.0 Å². The molecule has 0 saturated carbocycles. The summed E-state index contributed by atoms with van der Waals surface area (Å²) in [5.74, 6) is -1.40. The number of carbonyl (C=O) groups is 2. The zero-order chi connectivity index (χ0) is 21.8.